The summed E-state index contributed by atoms with van der Waals surface area (Å²) in [6.07, 6.45) is 3.64. The van der Waals surface area contributed by atoms with E-state index in [1.54, 1.807) is 0 Å². The van der Waals surface area contributed by atoms with Crippen molar-refractivity contribution < 1.29 is 4.92 Å². The van der Waals surface area contributed by atoms with Gasteiger partial charge in [-0.2, -0.15) is 11.8 Å². The van der Waals surface area contributed by atoms with E-state index in [9.17, 15) is 10.1 Å². The first-order valence-corrected chi connectivity index (χ1v) is 6.98. The molecule has 0 aromatic carbocycles. The second kappa shape index (κ2) is 5.90. The Kier molecular flexibility index (Phi) is 4.24. The first-order valence-electron chi connectivity index (χ1n) is 5.93. The summed E-state index contributed by atoms with van der Waals surface area (Å²) in [5.41, 5.74) is 5.53. The zero-order valence-electron chi connectivity index (χ0n) is 9.96. The molecule has 1 aromatic rings. The van der Waals surface area contributed by atoms with Crippen molar-refractivity contribution in [1.29, 1.82) is 0 Å². The normalized spacial score (nSPS) is 19.4. The van der Waals surface area contributed by atoms with Crippen molar-refractivity contribution in [2.75, 3.05) is 23.3 Å². The number of aromatic nitrogens is 1. The number of hydrogen-bond donors (Lipinski definition) is 2. The fourth-order valence-electron chi connectivity index (χ4n) is 1.92. The molecule has 0 bridgehead atoms. The average Bonchev–Trinajstić information content (AvgIpc) is 2.37. The minimum absolute atomic E-state index is 0.0231. The average molecular weight is 268 g/mol. The van der Waals surface area contributed by atoms with E-state index >= 15 is 0 Å². The first kappa shape index (κ1) is 12.9. The van der Waals surface area contributed by atoms with E-state index in [2.05, 4.69) is 10.3 Å². The highest BCUT2D eigenvalue weighted by Crippen LogP contribution is 2.27. The summed E-state index contributed by atoms with van der Waals surface area (Å²) in [5.74, 6) is 1.73. The smallest absolute Gasteiger partial charge is 0.311 e. The summed E-state index contributed by atoms with van der Waals surface area (Å²) in [6.45, 7) is 0.696. The van der Waals surface area contributed by atoms with Gasteiger partial charge in [0.1, 0.15) is 5.82 Å². The molecule has 1 aliphatic heterocycles. The van der Waals surface area contributed by atoms with Gasteiger partial charge in [0.15, 0.2) is 0 Å². The minimum atomic E-state index is -0.442. The summed E-state index contributed by atoms with van der Waals surface area (Å²) >= 11 is 1.91. The van der Waals surface area contributed by atoms with Crippen LogP contribution in [0.15, 0.2) is 12.1 Å². The van der Waals surface area contributed by atoms with Gasteiger partial charge in [-0.25, -0.2) is 4.98 Å². The Bertz CT molecular complexity index is 435. The summed E-state index contributed by atoms with van der Waals surface area (Å²) in [5, 5.41) is 14.4. The molecule has 0 aliphatic carbocycles. The highest BCUT2D eigenvalue weighted by molar-refractivity contribution is 7.99. The van der Waals surface area contributed by atoms with Gasteiger partial charge in [0.05, 0.1) is 4.92 Å². The van der Waals surface area contributed by atoms with Gasteiger partial charge < -0.3 is 11.1 Å². The monoisotopic (exact) mass is 268 g/mol. The van der Waals surface area contributed by atoms with Crippen molar-refractivity contribution in [3.05, 3.63) is 22.2 Å². The first-order chi connectivity index (χ1) is 8.66. The largest absolute Gasteiger partial charge is 0.384 e. The maximum absolute atomic E-state index is 10.9. The lowest BCUT2D eigenvalue weighted by Gasteiger charge is -2.21. The number of hydrogen-bond acceptors (Lipinski definition) is 6. The Morgan fingerprint density at radius 3 is 3.06 bits per heavy atom. The lowest BCUT2D eigenvalue weighted by atomic mass is 10.2. The number of nitrogens with zero attached hydrogens (tertiary/aromatic N) is 2. The zero-order chi connectivity index (χ0) is 13.0. The standard InChI is InChI=1S/C11H16N4O2S/c12-10-5-4-9(15(16)17)11(14-10)13-7-8-3-1-2-6-18-8/h4-5,8H,1-3,6-7H2,(H3,12,13,14). The molecule has 7 heteroatoms. The van der Waals surface area contributed by atoms with Crippen molar-refractivity contribution >= 4 is 29.1 Å². The zero-order valence-corrected chi connectivity index (χ0v) is 10.8. The molecule has 1 unspecified atom stereocenters. The Morgan fingerprint density at radius 2 is 2.39 bits per heavy atom. The van der Waals surface area contributed by atoms with Gasteiger partial charge in [-0.1, -0.05) is 6.42 Å². The highest BCUT2D eigenvalue weighted by Gasteiger charge is 2.18. The molecule has 1 aliphatic rings. The van der Waals surface area contributed by atoms with Crippen molar-refractivity contribution in [1.82, 2.24) is 4.98 Å². The number of thioether (sulfide) groups is 1. The molecule has 1 fully saturated rings. The van der Waals surface area contributed by atoms with Gasteiger partial charge >= 0.3 is 5.69 Å². The van der Waals surface area contributed by atoms with Crippen LogP contribution < -0.4 is 11.1 Å². The van der Waals surface area contributed by atoms with E-state index in [0.717, 1.165) is 6.42 Å². The number of nitrogens with two attached hydrogens (primary N) is 1. The number of pyridine rings is 1. The number of rotatable bonds is 4. The molecule has 0 amide bonds. The third-order valence-electron chi connectivity index (χ3n) is 2.86. The van der Waals surface area contributed by atoms with E-state index in [0.29, 0.717) is 17.6 Å². The van der Waals surface area contributed by atoms with Crippen LogP contribution in [0.5, 0.6) is 0 Å². The van der Waals surface area contributed by atoms with Crippen LogP contribution in [0.2, 0.25) is 0 Å². The predicted octanol–water partition coefficient (Wildman–Crippen LogP) is 2.27. The van der Waals surface area contributed by atoms with Gasteiger partial charge in [-0.05, 0) is 24.7 Å². The molecule has 2 heterocycles. The predicted molar refractivity (Wildman–Crippen MR) is 73.9 cm³/mol. The topological polar surface area (TPSA) is 94.1 Å². The number of nitrogen functional groups attached to an aromatic ring is 1. The van der Waals surface area contributed by atoms with Crippen molar-refractivity contribution in [3.63, 3.8) is 0 Å². The van der Waals surface area contributed by atoms with E-state index in [1.165, 1.54) is 30.7 Å². The summed E-state index contributed by atoms with van der Waals surface area (Å²) in [4.78, 5) is 14.4. The van der Waals surface area contributed by atoms with Crippen LogP contribution in [-0.2, 0) is 0 Å². The molecule has 0 spiro atoms. The van der Waals surface area contributed by atoms with E-state index in [-0.39, 0.29) is 11.5 Å². The van der Waals surface area contributed by atoms with Crippen LogP contribution in [0.4, 0.5) is 17.3 Å². The maximum Gasteiger partial charge on any atom is 0.311 e. The molecular formula is C11H16N4O2S. The molecule has 1 aromatic heterocycles. The van der Waals surface area contributed by atoms with Gasteiger partial charge in [0, 0.05) is 17.9 Å². The van der Waals surface area contributed by atoms with Crippen LogP contribution in [-0.4, -0.2) is 27.5 Å². The van der Waals surface area contributed by atoms with E-state index in [4.69, 9.17) is 5.73 Å². The molecular weight excluding hydrogens is 252 g/mol. The second-order valence-electron chi connectivity index (χ2n) is 4.23. The van der Waals surface area contributed by atoms with Crippen LogP contribution in [0.25, 0.3) is 0 Å². The van der Waals surface area contributed by atoms with Crippen molar-refractivity contribution in [2.45, 2.75) is 24.5 Å². The van der Waals surface area contributed by atoms with Gasteiger partial charge in [-0.15, -0.1) is 0 Å². The molecule has 98 valence electrons. The van der Waals surface area contributed by atoms with Crippen LogP contribution in [0.3, 0.4) is 0 Å². The molecule has 3 N–H and O–H groups in total. The van der Waals surface area contributed by atoms with Crippen LogP contribution in [0.1, 0.15) is 19.3 Å². The molecule has 0 radical (unpaired) electrons. The SMILES string of the molecule is Nc1ccc([N+](=O)[O-])c(NCC2CCCCS2)n1. The third kappa shape index (κ3) is 3.25. The highest BCUT2D eigenvalue weighted by atomic mass is 32.2. The van der Waals surface area contributed by atoms with E-state index in [1.807, 2.05) is 11.8 Å². The lowest BCUT2D eigenvalue weighted by Crippen LogP contribution is -2.21. The Labute approximate surface area is 110 Å². The second-order valence-corrected chi connectivity index (χ2v) is 5.64. The summed E-state index contributed by atoms with van der Waals surface area (Å²) in [7, 11) is 0. The van der Waals surface area contributed by atoms with E-state index < -0.39 is 4.92 Å². The summed E-state index contributed by atoms with van der Waals surface area (Å²) < 4.78 is 0. The third-order valence-corrected chi connectivity index (χ3v) is 4.26. The van der Waals surface area contributed by atoms with Gasteiger partial charge in [-0.3, -0.25) is 10.1 Å². The number of anilines is 2. The van der Waals surface area contributed by atoms with Crippen LogP contribution >= 0.6 is 11.8 Å². The van der Waals surface area contributed by atoms with Crippen molar-refractivity contribution in [2.24, 2.45) is 0 Å². The van der Waals surface area contributed by atoms with Gasteiger partial charge in [0.25, 0.3) is 0 Å². The fraction of sp³-hybridized carbons (Fsp3) is 0.545. The fourth-order valence-corrected chi connectivity index (χ4v) is 3.16. The summed E-state index contributed by atoms with van der Waals surface area (Å²) in [6, 6.07) is 2.83. The number of nitro groups is 1. The number of nitrogens with one attached hydrogen (secondary N) is 1. The Morgan fingerprint density at radius 1 is 1.56 bits per heavy atom. The molecule has 6 nitrogen and oxygen atoms in total. The maximum atomic E-state index is 10.9. The Balaban J connectivity index is 2.03. The lowest BCUT2D eigenvalue weighted by molar-refractivity contribution is -0.384. The van der Waals surface area contributed by atoms with Gasteiger partial charge in [0.2, 0.25) is 5.82 Å². The molecule has 1 atom stereocenters. The molecule has 18 heavy (non-hydrogen) atoms. The minimum Gasteiger partial charge on any atom is -0.384 e. The quantitative estimate of drug-likeness (QED) is 0.642. The van der Waals surface area contributed by atoms with Crippen LogP contribution in [0, 0.1) is 10.1 Å². The molecule has 2 rings (SSSR count). The Hall–Kier alpha value is -1.50. The molecule has 1 saturated heterocycles. The van der Waals surface area contributed by atoms with Crippen molar-refractivity contribution in [3.8, 4) is 0 Å². The molecule has 0 saturated carbocycles.